The summed E-state index contributed by atoms with van der Waals surface area (Å²) in [6.07, 6.45) is 5.02. The number of aryl methyl sites for hydroxylation is 1. The number of carboxylic acid groups (broad SMARTS) is 1. The summed E-state index contributed by atoms with van der Waals surface area (Å²) in [5, 5.41) is 17.4. The molecular weight excluding hydrogens is 268 g/mol. The van der Waals surface area contributed by atoms with E-state index in [4.69, 9.17) is 0 Å². The Bertz CT molecular complexity index is 810. The third-order valence-electron chi connectivity index (χ3n) is 3.23. The Hall–Kier alpha value is -2.89. The van der Waals surface area contributed by atoms with Gasteiger partial charge in [0.1, 0.15) is 5.56 Å². The van der Waals surface area contributed by atoms with Gasteiger partial charge in [0.15, 0.2) is 0 Å². The molecule has 0 saturated carbocycles. The molecule has 0 saturated heterocycles. The van der Waals surface area contributed by atoms with Crippen LogP contribution in [-0.2, 0) is 13.6 Å². The molecule has 0 radical (unpaired) electrons. The quantitative estimate of drug-likeness (QED) is 0.767. The van der Waals surface area contributed by atoms with E-state index in [-0.39, 0.29) is 5.56 Å². The number of hydrogen-bond acceptors (Lipinski definition) is 4. The van der Waals surface area contributed by atoms with E-state index in [0.29, 0.717) is 12.2 Å². The highest BCUT2D eigenvalue weighted by molar-refractivity contribution is 6.04. The van der Waals surface area contributed by atoms with Gasteiger partial charge in [-0.15, -0.1) is 0 Å². The van der Waals surface area contributed by atoms with E-state index in [1.807, 2.05) is 37.5 Å². The van der Waals surface area contributed by atoms with Crippen LogP contribution in [0.5, 0.6) is 0 Å². The van der Waals surface area contributed by atoms with E-state index in [9.17, 15) is 9.90 Å². The van der Waals surface area contributed by atoms with Gasteiger partial charge in [-0.3, -0.25) is 9.67 Å². The minimum atomic E-state index is -0.998. The lowest BCUT2D eigenvalue weighted by Crippen LogP contribution is -2.07. The third-order valence-corrected chi connectivity index (χ3v) is 3.23. The third kappa shape index (κ3) is 2.55. The highest BCUT2D eigenvalue weighted by Crippen LogP contribution is 2.26. The maximum atomic E-state index is 11.4. The van der Waals surface area contributed by atoms with E-state index in [1.54, 1.807) is 10.9 Å². The Morgan fingerprint density at radius 2 is 2.14 bits per heavy atom. The maximum absolute atomic E-state index is 11.4. The summed E-state index contributed by atoms with van der Waals surface area (Å²) in [4.78, 5) is 15.6. The number of anilines is 1. The molecule has 3 rings (SSSR count). The number of pyridine rings is 1. The number of rotatable bonds is 4. The Balaban J connectivity index is 2.01. The van der Waals surface area contributed by atoms with Crippen LogP contribution in [0.2, 0.25) is 0 Å². The lowest BCUT2D eigenvalue weighted by Gasteiger charge is -2.11. The van der Waals surface area contributed by atoms with Crippen LogP contribution in [-0.4, -0.2) is 25.8 Å². The molecular formula is C15H14N4O2. The van der Waals surface area contributed by atoms with Crippen molar-refractivity contribution in [2.24, 2.45) is 7.05 Å². The predicted molar refractivity (Wildman–Crippen MR) is 79.2 cm³/mol. The number of aromatic nitrogens is 3. The number of nitrogens with zero attached hydrogens (tertiary/aromatic N) is 3. The molecule has 0 aliphatic rings. The van der Waals surface area contributed by atoms with E-state index < -0.39 is 5.97 Å². The lowest BCUT2D eigenvalue weighted by atomic mass is 10.1. The Kier molecular flexibility index (Phi) is 3.27. The van der Waals surface area contributed by atoms with Crippen molar-refractivity contribution in [2.45, 2.75) is 6.54 Å². The standard InChI is InChI=1S/C15H14N4O2/c1-19-9-10(7-18-19)6-17-14-11-4-2-3-5-13(11)16-8-12(14)15(20)21/h2-5,7-9H,6H2,1H3,(H,16,17)(H,20,21). The minimum absolute atomic E-state index is 0.164. The summed E-state index contributed by atoms with van der Waals surface area (Å²) in [5.41, 5.74) is 2.49. The molecule has 0 unspecified atom stereocenters. The molecule has 2 heterocycles. The number of fused-ring (bicyclic) bond motifs is 1. The SMILES string of the molecule is Cn1cc(CNc2c(C(=O)O)cnc3ccccc23)cn1. The molecule has 0 fully saturated rings. The first-order chi connectivity index (χ1) is 10.1. The summed E-state index contributed by atoms with van der Waals surface area (Å²) in [6.45, 7) is 0.502. The number of para-hydroxylation sites is 1. The van der Waals surface area contributed by atoms with Crippen molar-refractivity contribution in [2.75, 3.05) is 5.32 Å². The topological polar surface area (TPSA) is 80.0 Å². The van der Waals surface area contributed by atoms with Gasteiger partial charge < -0.3 is 10.4 Å². The summed E-state index contributed by atoms with van der Waals surface area (Å²) in [7, 11) is 1.84. The van der Waals surface area contributed by atoms with Crippen molar-refractivity contribution in [1.29, 1.82) is 0 Å². The second-order valence-corrected chi connectivity index (χ2v) is 4.74. The van der Waals surface area contributed by atoms with Crippen molar-refractivity contribution in [3.05, 3.63) is 54.0 Å². The molecule has 0 bridgehead atoms. The Morgan fingerprint density at radius 3 is 2.86 bits per heavy atom. The van der Waals surface area contributed by atoms with E-state index in [2.05, 4.69) is 15.4 Å². The fourth-order valence-electron chi connectivity index (χ4n) is 2.25. The van der Waals surface area contributed by atoms with Crippen LogP contribution < -0.4 is 5.32 Å². The van der Waals surface area contributed by atoms with Gasteiger partial charge in [-0.05, 0) is 6.07 Å². The largest absolute Gasteiger partial charge is 0.478 e. The molecule has 0 aliphatic heterocycles. The molecule has 1 aromatic carbocycles. The predicted octanol–water partition coefficient (Wildman–Crippen LogP) is 2.28. The molecule has 0 spiro atoms. The van der Waals surface area contributed by atoms with Gasteiger partial charge in [-0.25, -0.2) is 4.79 Å². The van der Waals surface area contributed by atoms with Crippen molar-refractivity contribution in [3.63, 3.8) is 0 Å². The molecule has 6 heteroatoms. The van der Waals surface area contributed by atoms with Crippen LogP contribution in [0, 0.1) is 0 Å². The number of aromatic carboxylic acids is 1. The monoisotopic (exact) mass is 282 g/mol. The van der Waals surface area contributed by atoms with Crippen molar-refractivity contribution >= 4 is 22.6 Å². The summed E-state index contributed by atoms with van der Waals surface area (Å²) in [5.74, 6) is -0.998. The van der Waals surface area contributed by atoms with Crippen molar-refractivity contribution in [3.8, 4) is 0 Å². The molecule has 21 heavy (non-hydrogen) atoms. The molecule has 106 valence electrons. The van der Waals surface area contributed by atoms with Crippen LogP contribution >= 0.6 is 0 Å². The zero-order chi connectivity index (χ0) is 14.8. The normalized spacial score (nSPS) is 10.7. The first-order valence-electron chi connectivity index (χ1n) is 6.47. The van der Waals surface area contributed by atoms with Crippen LogP contribution in [0.4, 0.5) is 5.69 Å². The van der Waals surface area contributed by atoms with Crippen LogP contribution in [0.15, 0.2) is 42.9 Å². The first kappa shape index (κ1) is 13.1. The number of carbonyl (C=O) groups is 1. The molecule has 0 atom stereocenters. The van der Waals surface area contributed by atoms with E-state index >= 15 is 0 Å². The number of nitrogens with one attached hydrogen (secondary N) is 1. The molecule has 2 N–H and O–H groups in total. The number of carboxylic acids is 1. The van der Waals surface area contributed by atoms with E-state index in [1.165, 1.54) is 6.20 Å². The summed E-state index contributed by atoms with van der Waals surface area (Å²) < 4.78 is 1.71. The molecule has 3 aromatic rings. The van der Waals surface area contributed by atoms with Gasteiger partial charge >= 0.3 is 5.97 Å². The Morgan fingerprint density at radius 1 is 1.33 bits per heavy atom. The fourth-order valence-corrected chi connectivity index (χ4v) is 2.25. The van der Waals surface area contributed by atoms with Crippen molar-refractivity contribution < 1.29 is 9.90 Å². The lowest BCUT2D eigenvalue weighted by molar-refractivity contribution is 0.0697. The minimum Gasteiger partial charge on any atom is -0.478 e. The highest BCUT2D eigenvalue weighted by Gasteiger charge is 2.14. The summed E-state index contributed by atoms with van der Waals surface area (Å²) in [6, 6.07) is 7.46. The van der Waals surface area contributed by atoms with Gasteiger partial charge in [-0.2, -0.15) is 5.10 Å². The molecule has 0 amide bonds. The first-order valence-corrected chi connectivity index (χ1v) is 6.47. The maximum Gasteiger partial charge on any atom is 0.339 e. The zero-order valence-electron chi connectivity index (χ0n) is 11.4. The van der Waals surface area contributed by atoms with Crippen LogP contribution in [0.25, 0.3) is 10.9 Å². The smallest absolute Gasteiger partial charge is 0.339 e. The zero-order valence-corrected chi connectivity index (χ0v) is 11.4. The molecule has 2 aromatic heterocycles. The summed E-state index contributed by atoms with van der Waals surface area (Å²) >= 11 is 0. The second-order valence-electron chi connectivity index (χ2n) is 4.74. The van der Waals surface area contributed by atoms with Gasteiger partial charge in [0.25, 0.3) is 0 Å². The van der Waals surface area contributed by atoms with Crippen LogP contribution in [0.3, 0.4) is 0 Å². The molecule has 0 aliphatic carbocycles. The number of benzene rings is 1. The molecule has 6 nitrogen and oxygen atoms in total. The van der Waals surface area contributed by atoms with Crippen molar-refractivity contribution in [1.82, 2.24) is 14.8 Å². The highest BCUT2D eigenvalue weighted by atomic mass is 16.4. The van der Waals surface area contributed by atoms with Gasteiger partial charge in [-0.1, -0.05) is 18.2 Å². The fraction of sp³-hybridized carbons (Fsp3) is 0.133. The average Bonchev–Trinajstić information content (AvgIpc) is 2.90. The van der Waals surface area contributed by atoms with E-state index in [0.717, 1.165) is 16.5 Å². The average molecular weight is 282 g/mol. The van der Waals surface area contributed by atoms with Gasteiger partial charge in [0, 0.05) is 36.9 Å². The Labute approximate surface area is 121 Å². The van der Waals surface area contributed by atoms with Gasteiger partial charge in [0.05, 0.1) is 17.4 Å². The van der Waals surface area contributed by atoms with Crippen LogP contribution in [0.1, 0.15) is 15.9 Å². The second kappa shape index (κ2) is 5.24. The number of hydrogen-bond donors (Lipinski definition) is 2. The van der Waals surface area contributed by atoms with Gasteiger partial charge in [0.2, 0.25) is 0 Å².